The van der Waals surface area contributed by atoms with E-state index in [1.807, 2.05) is 31.2 Å². The molecular weight excluding hydrogens is 318 g/mol. The Morgan fingerprint density at radius 2 is 1.84 bits per heavy atom. The van der Waals surface area contributed by atoms with Gasteiger partial charge in [-0.15, -0.1) is 0 Å². The average molecular weight is 337 g/mol. The Morgan fingerprint density at radius 3 is 2.56 bits per heavy atom. The van der Waals surface area contributed by atoms with Crippen LogP contribution in [0, 0.1) is 0 Å². The Bertz CT molecular complexity index is 951. The highest BCUT2D eigenvalue weighted by Crippen LogP contribution is 2.12. The molecule has 3 aromatic rings. The number of carbonyl (C=O) groups excluding carboxylic acids is 1. The van der Waals surface area contributed by atoms with Crippen LogP contribution in [-0.2, 0) is 6.54 Å². The first kappa shape index (κ1) is 16.9. The lowest BCUT2D eigenvalue weighted by molar-refractivity contribution is 0.0908. The number of aryl methyl sites for hydroxylation is 1. The van der Waals surface area contributed by atoms with E-state index in [1.54, 1.807) is 35.0 Å². The van der Waals surface area contributed by atoms with Gasteiger partial charge in [0.05, 0.1) is 11.6 Å². The van der Waals surface area contributed by atoms with Gasteiger partial charge in [-0.3, -0.25) is 14.3 Å². The van der Waals surface area contributed by atoms with Gasteiger partial charge in [0.25, 0.3) is 5.91 Å². The van der Waals surface area contributed by atoms with E-state index in [4.69, 9.17) is 0 Å². The number of aliphatic hydroxyl groups is 1. The van der Waals surface area contributed by atoms with Gasteiger partial charge in [-0.25, -0.2) is 0 Å². The fourth-order valence-corrected chi connectivity index (χ4v) is 2.69. The zero-order chi connectivity index (χ0) is 17.8. The van der Waals surface area contributed by atoms with E-state index in [1.165, 1.54) is 0 Å². The van der Waals surface area contributed by atoms with Crippen LogP contribution in [0.4, 0.5) is 0 Å². The maximum Gasteiger partial charge on any atom is 0.275 e. The van der Waals surface area contributed by atoms with Crippen LogP contribution in [-0.4, -0.2) is 27.3 Å². The standard InChI is InChI=1S/C19H19N3O3/c1-2-22-15-11-7-6-10-14(15)18(24)17(21-22)19(25)20-12-16(23)13-8-4-3-5-9-13/h3-11,16,23H,2,12H2,1H3,(H,20,25). The molecule has 2 aromatic carbocycles. The number of nitrogens with zero attached hydrogens (tertiary/aromatic N) is 2. The van der Waals surface area contributed by atoms with Crippen molar-refractivity contribution >= 4 is 16.8 Å². The highest BCUT2D eigenvalue weighted by molar-refractivity contribution is 5.95. The smallest absolute Gasteiger partial charge is 0.275 e. The second-order valence-corrected chi connectivity index (χ2v) is 5.65. The van der Waals surface area contributed by atoms with E-state index in [9.17, 15) is 14.7 Å². The summed E-state index contributed by atoms with van der Waals surface area (Å²) in [6, 6.07) is 16.1. The van der Waals surface area contributed by atoms with Gasteiger partial charge in [-0.05, 0) is 24.6 Å². The molecule has 0 aliphatic heterocycles. The molecule has 2 N–H and O–H groups in total. The molecule has 0 aliphatic rings. The number of fused-ring (bicyclic) bond motifs is 1. The lowest BCUT2D eigenvalue weighted by Gasteiger charge is -2.13. The van der Waals surface area contributed by atoms with E-state index < -0.39 is 17.4 Å². The summed E-state index contributed by atoms with van der Waals surface area (Å²) in [6.45, 7) is 2.43. The first-order valence-electron chi connectivity index (χ1n) is 8.13. The fraction of sp³-hybridized carbons (Fsp3) is 0.211. The van der Waals surface area contributed by atoms with Gasteiger partial charge >= 0.3 is 0 Å². The van der Waals surface area contributed by atoms with Crippen molar-refractivity contribution in [3.63, 3.8) is 0 Å². The predicted octanol–water partition coefficient (Wildman–Crippen LogP) is 1.88. The number of aliphatic hydroxyl groups excluding tert-OH is 1. The normalized spacial score (nSPS) is 12.1. The highest BCUT2D eigenvalue weighted by atomic mass is 16.3. The maximum absolute atomic E-state index is 12.6. The Morgan fingerprint density at radius 1 is 1.16 bits per heavy atom. The average Bonchev–Trinajstić information content (AvgIpc) is 2.67. The molecule has 0 fully saturated rings. The van der Waals surface area contributed by atoms with Crippen LogP contribution in [0.25, 0.3) is 10.9 Å². The number of hydrogen-bond donors (Lipinski definition) is 2. The summed E-state index contributed by atoms with van der Waals surface area (Å²) in [6.07, 6.45) is -0.848. The summed E-state index contributed by atoms with van der Waals surface area (Å²) >= 11 is 0. The zero-order valence-electron chi connectivity index (χ0n) is 13.8. The van der Waals surface area contributed by atoms with Gasteiger partial charge in [-0.2, -0.15) is 5.10 Å². The summed E-state index contributed by atoms with van der Waals surface area (Å²) in [7, 11) is 0. The van der Waals surface area contributed by atoms with Crippen molar-refractivity contribution in [2.75, 3.05) is 6.54 Å². The number of para-hydroxylation sites is 1. The Labute approximate surface area is 144 Å². The fourth-order valence-electron chi connectivity index (χ4n) is 2.69. The van der Waals surface area contributed by atoms with Crippen molar-refractivity contribution in [3.8, 4) is 0 Å². The maximum atomic E-state index is 12.6. The molecule has 25 heavy (non-hydrogen) atoms. The minimum absolute atomic E-state index is 0.00290. The Balaban J connectivity index is 1.85. The van der Waals surface area contributed by atoms with Crippen molar-refractivity contribution in [2.45, 2.75) is 19.6 Å². The lowest BCUT2D eigenvalue weighted by Crippen LogP contribution is -2.34. The van der Waals surface area contributed by atoms with Crippen molar-refractivity contribution < 1.29 is 9.90 Å². The summed E-state index contributed by atoms with van der Waals surface area (Å²) in [5, 5.41) is 17.4. The van der Waals surface area contributed by atoms with Crippen molar-refractivity contribution in [1.29, 1.82) is 0 Å². The molecule has 0 spiro atoms. The number of rotatable bonds is 5. The minimum atomic E-state index is -0.848. The SMILES string of the molecule is CCn1nc(C(=O)NCC(O)c2ccccc2)c(=O)c2ccccc21. The number of nitrogens with one attached hydrogen (secondary N) is 1. The van der Waals surface area contributed by atoms with Crippen LogP contribution in [0.1, 0.15) is 29.1 Å². The third-order valence-electron chi connectivity index (χ3n) is 4.02. The third kappa shape index (κ3) is 3.44. The largest absolute Gasteiger partial charge is 0.387 e. The first-order chi connectivity index (χ1) is 12.1. The van der Waals surface area contributed by atoms with Gasteiger partial charge < -0.3 is 10.4 Å². The molecule has 1 amide bonds. The molecule has 1 heterocycles. The van der Waals surface area contributed by atoms with Gasteiger partial charge in [0.1, 0.15) is 0 Å². The topological polar surface area (TPSA) is 84.2 Å². The number of carbonyl (C=O) groups is 1. The molecule has 0 radical (unpaired) electrons. The summed E-state index contributed by atoms with van der Waals surface area (Å²) in [4.78, 5) is 25.0. The molecule has 0 bridgehead atoms. The quantitative estimate of drug-likeness (QED) is 0.744. The Kier molecular flexibility index (Phi) is 4.90. The predicted molar refractivity (Wildman–Crippen MR) is 95.4 cm³/mol. The van der Waals surface area contributed by atoms with Crippen LogP contribution in [0.15, 0.2) is 59.4 Å². The van der Waals surface area contributed by atoms with Gasteiger partial charge in [-0.1, -0.05) is 42.5 Å². The van der Waals surface area contributed by atoms with Crippen molar-refractivity contribution in [2.24, 2.45) is 0 Å². The Hall–Kier alpha value is -2.99. The number of hydrogen-bond acceptors (Lipinski definition) is 4. The van der Waals surface area contributed by atoms with E-state index in [-0.39, 0.29) is 12.2 Å². The lowest BCUT2D eigenvalue weighted by atomic mass is 10.1. The molecule has 6 heteroatoms. The molecule has 3 rings (SSSR count). The molecule has 1 aromatic heterocycles. The molecule has 1 atom stereocenters. The second kappa shape index (κ2) is 7.27. The van der Waals surface area contributed by atoms with Crippen LogP contribution in [0.2, 0.25) is 0 Å². The molecule has 1 unspecified atom stereocenters. The van der Waals surface area contributed by atoms with Gasteiger partial charge in [0.2, 0.25) is 5.43 Å². The molecule has 0 saturated carbocycles. The molecule has 0 aliphatic carbocycles. The molecular formula is C19H19N3O3. The van der Waals surface area contributed by atoms with E-state index in [0.717, 1.165) is 0 Å². The van der Waals surface area contributed by atoms with Crippen LogP contribution < -0.4 is 10.7 Å². The second-order valence-electron chi connectivity index (χ2n) is 5.65. The van der Waals surface area contributed by atoms with E-state index >= 15 is 0 Å². The number of aromatic nitrogens is 2. The van der Waals surface area contributed by atoms with E-state index in [0.29, 0.717) is 23.0 Å². The monoisotopic (exact) mass is 337 g/mol. The van der Waals surface area contributed by atoms with Crippen molar-refractivity contribution in [3.05, 3.63) is 76.1 Å². The molecule has 0 saturated heterocycles. The van der Waals surface area contributed by atoms with Crippen molar-refractivity contribution in [1.82, 2.24) is 15.1 Å². The van der Waals surface area contributed by atoms with Gasteiger partial charge in [0, 0.05) is 18.5 Å². The van der Waals surface area contributed by atoms with E-state index in [2.05, 4.69) is 10.4 Å². The third-order valence-corrected chi connectivity index (χ3v) is 4.02. The summed E-state index contributed by atoms with van der Waals surface area (Å²) in [5.74, 6) is -0.590. The summed E-state index contributed by atoms with van der Waals surface area (Å²) < 4.78 is 1.62. The zero-order valence-corrected chi connectivity index (χ0v) is 13.8. The van der Waals surface area contributed by atoms with Crippen LogP contribution in [0.5, 0.6) is 0 Å². The van der Waals surface area contributed by atoms with Gasteiger partial charge in [0.15, 0.2) is 5.69 Å². The first-order valence-corrected chi connectivity index (χ1v) is 8.13. The van der Waals surface area contributed by atoms with Crippen LogP contribution >= 0.6 is 0 Å². The highest BCUT2D eigenvalue weighted by Gasteiger charge is 2.18. The minimum Gasteiger partial charge on any atom is -0.387 e. The number of benzene rings is 2. The molecule has 6 nitrogen and oxygen atoms in total. The number of amides is 1. The summed E-state index contributed by atoms with van der Waals surface area (Å²) in [5.41, 5.74) is 0.809. The van der Waals surface area contributed by atoms with Crippen LogP contribution in [0.3, 0.4) is 0 Å². The molecule has 128 valence electrons.